The van der Waals surface area contributed by atoms with Gasteiger partial charge in [-0.1, -0.05) is 54.6 Å². The molecule has 132 valence electrons. The fraction of sp³-hybridized carbons (Fsp3) is 0.217. The summed E-state index contributed by atoms with van der Waals surface area (Å²) in [7, 11) is 0. The molecule has 2 aromatic carbocycles. The molecule has 1 unspecified atom stereocenters. The summed E-state index contributed by atoms with van der Waals surface area (Å²) in [4.78, 5) is 2.42. The lowest BCUT2D eigenvalue weighted by molar-refractivity contribution is 0.237. The Hall–Kier alpha value is -2.36. The van der Waals surface area contributed by atoms with Gasteiger partial charge in [0.2, 0.25) is 0 Å². The average Bonchev–Trinajstić information content (AvgIpc) is 3.19. The fourth-order valence-corrected chi connectivity index (χ4v) is 4.37. The van der Waals surface area contributed by atoms with Crippen LogP contribution in [0.3, 0.4) is 0 Å². The number of hydrogen-bond donors (Lipinski definition) is 1. The molecular formula is C23H23NOS. The van der Waals surface area contributed by atoms with Crippen molar-refractivity contribution in [1.29, 1.82) is 0 Å². The smallest absolute Gasteiger partial charge is 0.105 e. The Labute approximate surface area is 159 Å². The van der Waals surface area contributed by atoms with Gasteiger partial charge < -0.3 is 10.0 Å². The van der Waals surface area contributed by atoms with Crippen molar-refractivity contribution in [2.75, 3.05) is 4.90 Å². The van der Waals surface area contributed by atoms with Crippen molar-refractivity contribution < 1.29 is 5.11 Å². The van der Waals surface area contributed by atoms with Crippen LogP contribution in [0.4, 0.5) is 5.69 Å². The maximum absolute atomic E-state index is 11.0. The molecule has 4 rings (SSSR count). The highest BCUT2D eigenvalue weighted by molar-refractivity contribution is 7.08. The van der Waals surface area contributed by atoms with E-state index in [0.29, 0.717) is 0 Å². The second kappa shape index (κ2) is 6.75. The number of para-hydroxylation sites is 1. The van der Waals surface area contributed by atoms with Crippen LogP contribution in [0.15, 0.2) is 77.5 Å². The molecule has 1 aromatic heterocycles. The molecule has 0 aliphatic carbocycles. The molecule has 1 aliphatic heterocycles. The van der Waals surface area contributed by atoms with E-state index in [4.69, 9.17) is 0 Å². The third-order valence-electron chi connectivity index (χ3n) is 5.05. The molecule has 0 bridgehead atoms. The zero-order chi connectivity index (χ0) is 18.1. The Bertz CT molecular complexity index is 912. The molecule has 1 aliphatic rings. The maximum Gasteiger partial charge on any atom is 0.105 e. The number of aliphatic hydroxyl groups is 1. The van der Waals surface area contributed by atoms with E-state index in [1.54, 1.807) is 11.3 Å². The standard InChI is InChI=1S/C23H23NOS/c1-23(2)14-20(22(25)18-12-13-26-16-18)19-10-6-7-11-21(19)24(23)15-17-8-4-3-5-9-17/h3-14,16,22,25H,15H2,1-2H3. The van der Waals surface area contributed by atoms with E-state index in [9.17, 15) is 5.11 Å². The maximum atomic E-state index is 11.0. The summed E-state index contributed by atoms with van der Waals surface area (Å²) in [5.74, 6) is 0. The third-order valence-corrected chi connectivity index (χ3v) is 5.75. The summed E-state index contributed by atoms with van der Waals surface area (Å²) >= 11 is 1.62. The van der Waals surface area contributed by atoms with E-state index in [-0.39, 0.29) is 5.54 Å². The van der Waals surface area contributed by atoms with Gasteiger partial charge in [0.25, 0.3) is 0 Å². The summed E-state index contributed by atoms with van der Waals surface area (Å²) in [6.07, 6.45) is 1.63. The number of aliphatic hydroxyl groups excluding tert-OH is 1. The Kier molecular flexibility index (Phi) is 4.43. The van der Waals surface area contributed by atoms with Gasteiger partial charge in [-0.05, 0) is 53.4 Å². The van der Waals surface area contributed by atoms with Crippen molar-refractivity contribution in [3.05, 3.63) is 94.2 Å². The van der Waals surface area contributed by atoms with E-state index in [1.807, 2.05) is 29.0 Å². The second-order valence-corrected chi connectivity index (χ2v) is 8.08. The van der Waals surface area contributed by atoms with Gasteiger partial charge in [0.15, 0.2) is 0 Å². The van der Waals surface area contributed by atoms with Gasteiger partial charge >= 0.3 is 0 Å². The van der Waals surface area contributed by atoms with Gasteiger partial charge in [-0.25, -0.2) is 0 Å². The Morgan fingerprint density at radius 2 is 1.73 bits per heavy atom. The quantitative estimate of drug-likeness (QED) is 0.648. The van der Waals surface area contributed by atoms with Crippen molar-refractivity contribution in [2.45, 2.75) is 32.0 Å². The molecule has 0 spiro atoms. The Balaban J connectivity index is 1.78. The zero-order valence-electron chi connectivity index (χ0n) is 15.1. The van der Waals surface area contributed by atoms with Gasteiger partial charge in [0.1, 0.15) is 6.10 Å². The number of thiophene rings is 1. The lowest BCUT2D eigenvalue weighted by atomic mass is 9.84. The molecular weight excluding hydrogens is 338 g/mol. The van der Waals surface area contributed by atoms with Crippen LogP contribution >= 0.6 is 11.3 Å². The lowest BCUT2D eigenvalue weighted by Gasteiger charge is -2.44. The molecule has 0 saturated heterocycles. The lowest BCUT2D eigenvalue weighted by Crippen LogP contribution is -2.45. The van der Waals surface area contributed by atoms with Crippen molar-refractivity contribution >= 4 is 22.6 Å². The first kappa shape index (κ1) is 17.1. The molecule has 0 saturated carbocycles. The molecule has 1 atom stereocenters. The molecule has 26 heavy (non-hydrogen) atoms. The largest absolute Gasteiger partial charge is 0.384 e. The summed E-state index contributed by atoms with van der Waals surface area (Å²) in [6, 6.07) is 20.9. The molecule has 3 heteroatoms. The number of fused-ring (bicyclic) bond motifs is 1. The minimum Gasteiger partial charge on any atom is -0.384 e. The summed E-state index contributed by atoms with van der Waals surface area (Å²) in [5.41, 5.74) is 5.33. The van der Waals surface area contributed by atoms with Crippen molar-refractivity contribution in [3.63, 3.8) is 0 Å². The molecule has 2 heterocycles. The first-order chi connectivity index (χ1) is 12.6. The van der Waals surface area contributed by atoms with Gasteiger partial charge in [-0.3, -0.25) is 0 Å². The van der Waals surface area contributed by atoms with Crippen molar-refractivity contribution in [1.82, 2.24) is 0 Å². The van der Waals surface area contributed by atoms with E-state index < -0.39 is 6.10 Å². The minimum atomic E-state index is -0.597. The van der Waals surface area contributed by atoms with Crippen molar-refractivity contribution in [2.24, 2.45) is 0 Å². The average molecular weight is 362 g/mol. The van der Waals surface area contributed by atoms with Crippen LogP contribution in [0.5, 0.6) is 0 Å². The highest BCUT2D eigenvalue weighted by Crippen LogP contribution is 2.44. The van der Waals surface area contributed by atoms with Gasteiger partial charge in [-0.15, -0.1) is 0 Å². The van der Waals surface area contributed by atoms with Crippen molar-refractivity contribution in [3.8, 4) is 0 Å². The predicted molar refractivity (Wildman–Crippen MR) is 110 cm³/mol. The molecule has 0 fully saturated rings. The Morgan fingerprint density at radius 3 is 2.46 bits per heavy atom. The first-order valence-corrected chi connectivity index (χ1v) is 9.84. The van der Waals surface area contributed by atoms with Gasteiger partial charge in [0.05, 0.1) is 5.54 Å². The number of benzene rings is 2. The number of rotatable bonds is 4. The molecule has 3 aromatic rings. The number of hydrogen-bond acceptors (Lipinski definition) is 3. The van der Waals surface area contributed by atoms with Crippen LogP contribution in [0.2, 0.25) is 0 Å². The third kappa shape index (κ3) is 3.09. The highest BCUT2D eigenvalue weighted by atomic mass is 32.1. The summed E-state index contributed by atoms with van der Waals surface area (Å²) in [6.45, 7) is 5.27. The first-order valence-electron chi connectivity index (χ1n) is 8.90. The monoisotopic (exact) mass is 361 g/mol. The van der Waals surface area contributed by atoms with Crippen LogP contribution in [0.25, 0.3) is 5.57 Å². The molecule has 2 nitrogen and oxygen atoms in total. The van der Waals surface area contributed by atoms with E-state index in [0.717, 1.165) is 23.2 Å². The normalized spacial score (nSPS) is 16.7. The molecule has 0 radical (unpaired) electrons. The van der Waals surface area contributed by atoms with Crippen LogP contribution in [-0.4, -0.2) is 10.6 Å². The number of anilines is 1. The fourth-order valence-electron chi connectivity index (χ4n) is 3.69. The van der Waals surface area contributed by atoms with E-state index >= 15 is 0 Å². The number of nitrogens with zero attached hydrogens (tertiary/aromatic N) is 1. The van der Waals surface area contributed by atoms with Crippen LogP contribution in [0, 0.1) is 0 Å². The molecule has 1 N–H and O–H groups in total. The Morgan fingerprint density at radius 1 is 1.00 bits per heavy atom. The summed E-state index contributed by atoms with van der Waals surface area (Å²) in [5, 5.41) is 15.0. The topological polar surface area (TPSA) is 23.5 Å². The SMILES string of the molecule is CC1(C)C=C(C(O)c2ccsc2)c2ccccc2N1Cc1ccccc1. The van der Waals surface area contributed by atoms with Crippen LogP contribution < -0.4 is 4.90 Å². The molecule has 0 amide bonds. The van der Waals surface area contributed by atoms with E-state index in [1.165, 1.54) is 11.3 Å². The summed E-state index contributed by atoms with van der Waals surface area (Å²) < 4.78 is 0. The predicted octanol–water partition coefficient (Wildman–Crippen LogP) is 5.66. The van der Waals surface area contributed by atoms with Gasteiger partial charge in [0, 0.05) is 17.8 Å². The highest BCUT2D eigenvalue weighted by Gasteiger charge is 2.34. The van der Waals surface area contributed by atoms with E-state index in [2.05, 4.69) is 67.3 Å². The second-order valence-electron chi connectivity index (χ2n) is 7.30. The van der Waals surface area contributed by atoms with Crippen LogP contribution in [-0.2, 0) is 6.54 Å². The minimum absolute atomic E-state index is 0.198. The van der Waals surface area contributed by atoms with Gasteiger partial charge in [-0.2, -0.15) is 11.3 Å². The zero-order valence-corrected chi connectivity index (χ0v) is 15.9. The van der Waals surface area contributed by atoms with Crippen LogP contribution in [0.1, 0.15) is 36.6 Å².